The summed E-state index contributed by atoms with van der Waals surface area (Å²) < 4.78 is 26.2. The van der Waals surface area contributed by atoms with Crippen LogP contribution in [0.4, 0.5) is 8.78 Å². The molecule has 2 aromatic carbocycles. The lowest BCUT2D eigenvalue weighted by Crippen LogP contribution is -2.06. The molecule has 0 fully saturated rings. The number of hydrogen-bond donors (Lipinski definition) is 0. The molecule has 0 heterocycles. The summed E-state index contributed by atoms with van der Waals surface area (Å²) in [6.07, 6.45) is 0. The SMILES string of the molecule is Cc1cccc(C(=O)c2cc(F)c(F)cc2Cl)c1C. The summed E-state index contributed by atoms with van der Waals surface area (Å²) >= 11 is 5.81. The maximum Gasteiger partial charge on any atom is 0.194 e. The Balaban J connectivity index is 2.56. The molecule has 0 spiro atoms. The van der Waals surface area contributed by atoms with Gasteiger partial charge in [-0.3, -0.25) is 4.79 Å². The Morgan fingerprint density at radius 2 is 1.68 bits per heavy atom. The Bertz CT molecular complexity index is 665. The quantitative estimate of drug-likeness (QED) is 0.586. The Morgan fingerprint density at radius 1 is 1.05 bits per heavy atom. The van der Waals surface area contributed by atoms with Crippen LogP contribution in [0.3, 0.4) is 0 Å². The van der Waals surface area contributed by atoms with Crippen LogP contribution >= 0.6 is 11.6 Å². The Labute approximate surface area is 114 Å². The van der Waals surface area contributed by atoms with Crippen molar-refractivity contribution in [1.29, 1.82) is 0 Å². The van der Waals surface area contributed by atoms with Gasteiger partial charge in [-0.05, 0) is 37.1 Å². The van der Waals surface area contributed by atoms with E-state index in [-0.39, 0.29) is 10.6 Å². The molecule has 0 atom stereocenters. The third-order valence-electron chi connectivity index (χ3n) is 3.10. The van der Waals surface area contributed by atoms with Crippen LogP contribution in [0.15, 0.2) is 30.3 Å². The molecule has 0 aliphatic carbocycles. The van der Waals surface area contributed by atoms with E-state index in [2.05, 4.69) is 0 Å². The first-order valence-corrected chi connectivity index (χ1v) is 6.05. The minimum absolute atomic E-state index is 0.0331. The second-order valence-electron chi connectivity index (χ2n) is 4.32. The number of ketones is 1. The molecular formula is C15H11ClF2O. The highest BCUT2D eigenvalue weighted by molar-refractivity contribution is 6.35. The molecule has 19 heavy (non-hydrogen) atoms. The van der Waals surface area contributed by atoms with Crippen LogP contribution in [0.5, 0.6) is 0 Å². The largest absolute Gasteiger partial charge is 0.289 e. The summed E-state index contributed by atoms with van der Waals surface area (Å²) in [7, 11) is 0. The summed E-state index contributed by atoms with van der Waals surface area (Å²) in [5.41, 5.74) is 2.15. The van der Waals surface area contributed by atoms with Crippen LogP contribution in [-0.4, -0.2) is 5.78 Å². The van der Waals surface area contributed by atoms with Crippen LogP contribution in [0.25, 0.3) is 0 Å². The number of aryl methyl sites for hydroxylation is 1. The molecular weight excluding hydrogens is 270 g/mol. The van der Waals surface area contributed by atoms with E-state index >= 15 is 0 Å². The zero-order chi connectivity index (χ0) is 14.2. The molecule has 2 rings (SSSR count). The van der Waals surface area contributed by atoms with Crippen molar-refractivity contribution in [3.8, 4) is 0 Å². The standard InChI is InChI=1S/C15H11ClF2O/c1-8-4-3-5-10(9(8)2)15(19)11-6-13(17)14(18)7-12(11)16/h3-7H,1-2H3. The molecule has 0 aromatic heterocycles. The Morgan fingerprint density at radius 3 is 2.37 bits per heavy atom. The maximum absolute atomic E-state index is 13.2. The van der Waals surface area contributed by atoms with Gasteiger partial charge in [-0.25, -0.2) is 8.78 Å². The van der Waals surface area contributed by atoms with Gasteiger partial charge in [0.25, 0.3) is 0 Å². The first-order valence-electron chi connectivity index (χ1n) is 5.67. The van der Waals surface area contributed by atoms with E-state index in [0.29, 0.717) is 5.56 Å². The molecule has 98 valence electrons. The van der Waals surface area contributed by atoms with Crippen LogP contribution in [-0.2, 0) is 0 Å². The van der Waals surface area contributed by atoms with Crippen molar-refractivity contribution in [3.63, 3.8) is 0 Å². The molecule has 0 amide bonds. The maximum atomic E-state index is 13.2. The van der Waals surface area contributed by atoms with E-state index in [1.165, 1.54) is 0 Å². The molecule has 1 nitrogen and oxygen atoms in total. The number of hydrogen-bond acceptors (Lipinski definition) is 1. The minimum atomic E-state index is -1.09. The van der Waals surface area contributed by atoms with Crippen molar-refractivity contribution >= 4 is 17.4 Å². The highest BCUT2D eigenvalue weighted by Crippen LogP contribution is 2.24. The summed E-state index contributed by atoms with van der Waals surface area (Å²) in [4.78, 5) is 12.3. The second-order valence-corrected chi connectivity index (χ2v) is 4.73. The average molecular weight is 281 g/mol. The lowest BCUT2D eigenvalue weighted by molar-refractivity contribution is 0.103. The van der Waals surface area contributed by atoms with Crippen molar-refractivity contribution in [2.45, 2.75) is 13.8 Å². The predicted octanol–water partition coefficient (Wildman–Crippen LogP) is 4.47. The monoisotopic (exact) mass is 280 g/mol. The lowest BCUT2D eigenvalue weighted by atomic mass is 9.96. The average Bonchev–Trinajstić information content (AvgIpc) is 2.36. The minimum Gasteiger partial charge on any atom is -0.289 e. The molecule has 0 N–H and O–H groups in total. The fourth-order valence-corrected chi connectivity index (χ4v) is 2.07. The highest BCUT2D eigenvalue weighted by atomic mass is 35.5. The van der Waals surface area contributed by atoms with E-state index in [9.17, 15) is 13.6 Å². The van der Waals surface area contributed by atoms with Gasteiger partial charge in [0.1, 0.15) is 0 Å². The van der Waals surface area contributed by atoms with Crippen molar-refractivity contribution in [3.05, 3.63) is 69.2 Å². The Kier molecular flexibility index (Phi) is 3.67. The smallest absolute Gasteiger partial charge is 0.194 e. The van der Waals surface area contributed by atoms with E-state index in [1.54, 1.807) is 19.1 Å². The summed E-state index contributed by atoms with van der Waals surface area (Å²) in [5.74, 6) is -2.56. The molecule has 4 heteroatoms. The van der Waals surface area contributed by atoms with E-state index < -0.39 is 17.4 Å². The molecule has 0 saturated heterocycles. The molecule has 0 radical (unpaired) electrons. The summed E-state index contributed by atoms with van der Waals surface area (Å²) in [6.45, 7) is 3.68. The Hall–Kier alpha value is -1.74. The van der Waals surface area contributed by atoms with Crippen LogP contribution in [0.1, 0.15) is 27.0 Å². The first-order chi connectivity index (χ1) is 8.91. The first kappa shape index (κ1) is 13.7. The van der Waals surface area contributed by atoms with Crippen LogP contribution in [0, 0.1) is 25.5 Å². The number of halogens is 3. The summed E-state index contributed by atoms with van der Waals surface area (Å²) in [6, 6.07) is 6.90. The number of benzene rings is 2. The predicted molar refractivity (Wildman–Crippen MR) is 70.7 cm³/mol. The van der Waals surface area contributed by atoms with Crippen LogP contribution < -0.4 is 0 Å². The van der Waals surface area contributed by atoms with Gasteiger partial charge in [-0.1, -0.05) is 29.8 Å². The number of carbonyl (C=O) groups excluding carboxylic acids is 1. The third kappa shape index (κ3) is 2.51. The third-order valence-corrected chi connectivity index (χ3v) is 3.42. The van der Waals surface area contributed by atoms with E-state index in [4.69, 9.17) is 11.6 Å². The van der Waals surface area contributed by atoms with Gasteiger partial charge in [0.05, 0.1) is 5.02 Å². The van der Waals surface area contributed by atoms with Crippen molar-refractivity contribution in [1.82, 2.24) is 0 Å². The number of carbonyl (C=O) groups is 1. The molecule has 0 bridgehead atoms. The van der Waals surface area contributed by atoms with E-state index in [0.717, 1.165) is 23.3 Å². The second kappa shape index (κ2) is 5.10. The highest BCUT2D eigenvalue weighted by Gasteiger charge is 2.18. The van der Waals surface area contributed by atoms with Gasteiger partial charge in [0.15, 0.2) is 17.4 Å². The van der Waals surface area contributed by atoms with Crippen molar-refractivity contribution < 1.29 is 13.6 Å². The summed E-state index contributed by atoms with van der Waals surface area (Å²) in [5, 5.41) is -0.0928. The molecule has 2 aromatic rings. The normalized spacial score (nSPS) is 10.6. The van der Waals surface area contributed by atoms with Gasteiger partial charge in [-0.15, -0.1) is 0 Å². The number of rotatable bonds is 2. The van der Waals surface area contributed by atoms with Gasteiger partial charge in [0.2, 0.25) is 0 Å². The van der Waals surface area contributed by atoms with Crippen molar-refractivity contribution in [2.24, 2.45) is 0 Å². The van der Waals surface area contributed by atoms with Gasteiger partial charge >= 0.3 is 0 Å². The van der Waals surface area contributed by atoms with Crippen LogP contribution in [0.2, 0.25) is 5.02 Å². The molecule has 0 aliphatic rings. The lowest BCUT2D eigenvalue weighted by Gasteiger charge is -2.09. The van der Waals surface area contributed by atoms with Crippen molar-refractivity contribution in [2.75, 3.05) is 0 Å². The zero-order valence-corrected chi connectivity index (χ0v) is 11.2. The fraction of sp³-hybridized carbons (Fsp3) is 0.133. The fourth-order valence-electron chi connectivity index (χ4n) is 1.84. The topological polar surface area (TPSA) is 17.1 Å². The van der Waals surface area contributed by atoms with Gasteiger partial charge in [-0.2, -0.15) is 0 Å². The van der Waals surface area contributed by atoms with Gasteiger partial charge in [0, 0.05) is 11.1 Å². The zero-order valence-electron chi connectivity index (χ0n) is 10.4. The van der Waals surface area contributed by atoms with Gasteiger partial charge < -0.3 is 0 Å². The molecule has 0 unspecified atom stereocenters. The molecule has 0 aliphatic heterocycles. The van der Waals surface area contributed by atoms with E-state index in [1.807, 2.05) is 13.0 Å². The molecule has 0 saturated carbocycles.